The van der Waals surface area contributed by atoms with Crippen LogP contribution in [0.4, 0.5) is 0 Å². The van der Waals surface area contributed by atoms with E-state index in [0.29, 0.717) is 18.7 Å². The second kappa shape index (κ2) is 7.26. The molecule has 0 heterocycles. The summed E-state index contributed by atoms with van der Waals surface area (Å²) < 4.78 is 0. The Kier molecular flexibility index (Phi) is 6.33. The van der Waals surface area contributed by atoms with Gasteiger partial charge in [0, 0.05) is 16.6 Å². The minimum absolute atomic E-state index is 0.00542. The van der Waals surface area contributed by atoms with Crippen LogP contribution >= 0.6 is 34.8 Å². The van der Waals surface area contributed by atoms with Crippen LogP contribution in [0.15, 0.2) is 24.3 Å². The van der Waals surface area contributed by atoms with Crippen LogP contribution in [0.3, 0.4) is 0 Å². The number of phenols is 1. The van der Waals surface area contributed by atoms with E-state index >= 15 is 0 Å². The molecule has 4 heteroatoms. The molecular weight excluding hydrogens is 266 g/mol. The fraction of sp³-hybridized carbons (Fsp3) is 0.500. The molecule has 16 heavy (non-hydrogen) atoms. The molecular formula is C12H15Cl3O. The number of halogens is 3. The van der Waals surface area contributed by atoms with E-state index in [-0.39, 0.29) is 16.5 Å². The fourth-order valence-electron chi connectivity index (χ4n) is 1.52. The number of phenolic OH excluding ortho intramolecular Hbond substituents is 1. The maximum Gasteiger partial charge on any atom is 0.118 e. The van der Waals surface area contributed by atoms with Crippen LogP contribution in [0.5, 0.6) is 5.75 Å². The highest BCUT2D eigenvalue weighted by molar-refractivity contribution is 6.24. The predicted octanol–water partition coefficient (Wildman–Crippen LogP) is 4.17. The Morgan fingerprint density at radius 2 is 1.81 bits per heavy atom. The predicted molar refractivity (Wildman–Crippen MR) is 71.0 cm³/mol. The van der Waals surface area contributed by atoms with Crippen molar-refractivity contribution in [3.63, 3.8) is 0 Å². The zero-order chi connectivity index (χ0) is 12.0. The first-order valence-electron chi connectivity index (χ1n) is 5.24. The zero-order valence-electron chi connectivity index (χ0n) is 8.87. The van der Waals surface area contributed by atoms with Crippen LogP contribution in [-0.2, 0) is 6.42 Å². The third-order valence-corrected chi connectivity index (χ3v) is 3.31. The van der Waals surface area contributed by atoms with Crippen LogP contribution in [0.2, 0.25) is 0 Å². The highest BCUT2D eigenvalue weighted by atomic mass is 35.5. The minimum Gasteiger partial charge on any atom is -0.508 e. The summed E-state index contributed by atoms with van der Waals surface area (Å²) in [7, 11) is 0. The molecule has 0 spiro atoms. The number of para-hydroxylation sites is 1. The lowest BCUT2D eigenvalue weighted by atomic mass is 10.0. The number of alkyl halides is 3. The van der Waals surface area contributed by atoms with Gasteiger partial charge in [-0.05, 0) is 30.9 Å². The summed E-state index contributed by atoms with van der Waals surface area (Å²) >= 11 is 17.8. The molecule has 90 valence electrons. The van der Waals surface area contributed by atoms with Gasteiger partial charge < -0.3 is 5.11 Å². The van der Waals surface area contributed by atoms with Crippen molar-refractivity contribution in [2.45, 2.75) is 30.0 Å². The number of hydrogen-bond acceptors (Lipinski definition) is 1. The lowest BCUT2D eigenvalue weighted by molar-refractivity contribution is 0.466. The smallest absolute Gasteiger partial charge is 0.118 e. The van der Waals surface area contributed by atoms with E-state index in [1.165, 1.54) is 0 Å². The molecule has 1 N–H and O–H groups in total. The van der Waals surface area contributed by atoms with Gasteiger partial charge in [-0.1, -0.05) is 18.2 Å². The summed E-state index contributed by atoms with van der Waals surface area (Å²) in [5.41, 5.74) is 0.859. The first-order chi connectivity index (χ1) is 7.63. The molecule has 0 saturated heterocycles. The number of aromatic hydroxyl groups is 1. The van der Waals surface area contributed by atoms with Crippen LogP contribution in [0.25, 0.3) is 0 Å². The molecule has 2 atom stereocenters. The number of rotatable bonds is 6. The van der Waals surface area contributed by atoms with Crippen LogP contribution in [0.1, 0.15) is 18.4 Å². The van der Waals surface area contributed by atoms with Crippen LogP contribution in [0, 0.1) is 0 Å². The Balaban J connectivity index is 2.45. The van der Waals surface area contributed by atoms with Gasteiger partial charge in [0.25, 0.3) is 0 Å². The average molecular weight is 282 g/mol. The first kappa shape index (κ1) is 14.0. The van der Waals surface area contributed by atoms with Crippen molar-refractivity contribution >= 4 is 34.8 Å². The van der Waals surface area contributed by atoms with Crippen molar-refractivity contribution in [2.75, 3.05) is 5.88 Å². The highest BCUT2D eigenvalue weighted by Gasteiger charge is 2.14. The van der Waals surface area contributed by atoms with E-state index in [9.17, 15) is 5.11 Å². The van der Waals surface area contributed by atoms with Crippen molar-refractivity contribution in [1.82, 2.24) is 0 Å². The van der Waals surface area contributed by atoms with Gasteiger partial charge in [0.2, 0.25) is 0 Å². The number of benzene rings is 1. The Hall–Kier alpha value is -0.110. The second-order valence-corrected chi connectivity index (χ2v) is 5.35. The van der Waals surface area contributed by atoms with E-state index in [0.717, 1.165) is 12.0 Å². The van der Waals surface area contributed by atoms with Gasteiger partial charge in [-0.25, -0.2) is 0 Å². The molecule has 0 aliphatic rings. The van der Waals surface area contributed by atoms with Crippen LogP contribution in [-0.4, -0.2) is 21.7 Å². The molecule has 0 bridgehead atoms. The van der Waals surface area contributed by atoms with Gasteiger partial charge in [0.05, 0.1) is 0 Å². The Labute approximate surface area is 111 Å². The summed E-state index contributed by atoms with van der Waals surface area (Å²) in [5.74, 6) is 0.838. The maximum atomic E-state index is 9.58. The van der Waals surface area contributed by atoms with E-state index in [2.05, 4.69) is 0 Å². The summed E-state index contributed by atoms with van der Waals surface area (Å²) in [6.07, 6.45) is 2.08. The average Bonchev–Trinajstić information content (AvgIpc) is 2.21. The van der Waals surface area contributed by atoms with Gasteiger partial charge in [0.1, 0.15) is 5.75 Å². The Bertz CT molecular complexity index is 317. The quantitative estimate of drug-likeness (QED) is 0.776. The molecule has 0 aliphatic heterocycles. The molecule has 0 radical (unpaired) electrons. The zero-order valence-corrected chi connectivity index (χ0v) is 11.1. The summed E-state index contributed by atoms with van der Waals surface area (Å²) in [6, 6.07) is 7.21. The van der Waals surface area contributed by atoms with Crippen molar-refractivity contribution < 1.29 is 5.11 Å². The molecule has 1 aromatic rings. The Morgan fingerprint density at radius 3 is 2.44 bits per heavy atom. The molecule has 1 nitrogen and oxygen atoms in total. The van der Waals surface area contributed by atoms with E-state index in [4.69, 9.17) is 34.8 Å². The first-order valence-corrected chi connectivity index (χ1v) is 6.65. The molecule has 0 aromatic heterocycles. The van der Waals surface area contributed by atoms with Gasteiger partial charge in [-0.15, -0.1) is 34.8 Å². The summed E-state index contributed by atoms with van der Waals surface area (Å²) in [5, 5.41) is 9.52. The summed E-state index contributed by atoms with van der Waals surface area (Å²) in [6.45, 7) is 0. The molecule has 0 aliphatic carbocycles. The SMILES string of the molecule is Oc1ccccc1CC(Cl)CC(Cl)CCCl. The molecule has 1 rings (SSSR count). The molecule has 2 unspecified atom stereocenters. The fourth-order valence-corrected chi connectivity index (χ4v) is 2.69. The van der Waals surface area contributed by atoms with Gasteiger partial charge >= 0.3 is 0 Å². The minimum atomic E-state index is -0.0704. The number of hydrogen-bond donors (Lipinski definition) is 1. The van der Waals surface area contributed by atoms with Gasteiger partial charge in [0.15, 0.2) is 0 Å². The summed E-state index contributed by atoms with van der Waals surface area (Å²) in [4.78, 5) is 0. The van der Waals surface area contributed by atoms with Crippen molar-refractivity contribution in [1.29, 1.82) is 0 Å². The normalized spacial score (nSPS) is 14.7. The molecule has 0 fully saturated rings. The lowest BCUT2D eigenvalue weighted by Crippen LogP contribution is -2.11. The maximum absolute atomic E-state index is 9.58. The standard InChI is InChI=1S/C12H15Cl3O/c13-6-5-10(14)8-11(15)7-9-3-1-2-4-12(9)16/h1-4,10-11,16H,5-8H2. The molecule has 1 aromatic carbocycles. The third-order valence-electron chi connectivity index (χ3n) is 2.37. The Morgan fingerprint density at radius 1 is 1.12 bits per heavy atom. The van der Waals surface area contributed by atoms with Crippen LogP contribution < -0.4 is 0 Å². The lowest BCUT2D eigenvalue weighted by Gasteiger charge is -2.13. The van der Waals surface area contributed by atoms with Crippen molar-refractivity contribution in [3.05, 3.63) is 29.8 Å². The highest BCUT2D eigenvalue weighted by Crippen LogP contribution is 2.23. The van der Waals surface area contributed by atoms with Crippen molar-refractivity contribution in [2.24, 2.45) is 0 Å². The second-order valence-electron chi connectivity index (χ2n) is 3.74. The molecule has 0 saturated carbocycles. The largest absolute Gasteiger partial charge is 0.508 e. The van der Waals surface area contributed by atoms with Gasteiger partial charge in [-0.3, -0.25) is 0 Å². The van der Waals surface area contributed by atoms with E-state index in [1.807, 2.05) is 12.1 Å². The van der Waals surface area contributed by atoms with Crippen molar-refractivity contribution in [3.8, 4) is 5.75 Å². The monoisotopic (exact) mass is 280 g/mol. The third kappa shape index (κ3) is 4.82. The molecule has 0 amide bonds. The van der Waals surface area contributed by atoms with E-state index in [1.54, 1.807) is 12.1 Å². The van der Waals surface area contributed by atoms with Gasteiger partial charge in [-0.2, -0.15) is 0 Å². The topological polar surface area (TPSA) is 20.2 Å². The van der Waals surface area contributed by atoms with E-state index < -0.39 is 0 Å².